The number of benzene rings is 2. The molecule has 0 saturated carbocycles. The number of methoxy groups -OCH3 is 2. The van der Waals surface area contributed by atoms with Gasteiger partial charge in [-0.25, -0.2) is 12.7 Å². The van der Waals surface area contributed by atoms with Gasteiger partial charge in [0.1, 0.15) is 16.4 Å². The fraction of sp³-hybridized carbons (Fsp3) is 0.211. The Balaban J connectivity index is 2.18. The molecular weight excluding hydrogens is 368 g/mol. The molecule has 1 amide bonds. The van der Waals surface area contributed by atoms with E-state index in [0.29, 0.717) is 5.69 Å². The lowest BCUT2D eigenvalue weighted by Crippen LogP contribution is -2.23. The predicted molar refractivity (Wildman–Crippen MR) is 105 cm³/mol. The van der Waals surface area contributed by atoms with Gasteiger partial charge in [0.05, 0.1) is 14.2 Å². The van der Waals surface area contributed by atoms with Gasteiger partial charge in [-0.2, -0.15) is 0 Å². The first-order valence-electron chi connectivity index (χ1n) is 8.01. The number of anilines is 1. The van der Waals surface area contributed by atoms with Crippen LogP contribution in [0.2, 0.25) is 0 Å². The van der Waals surface area contributed by atoms with Crippen LogP contribution in [0.1, 0.15) is 5.56 Å². The summed E-state index contributed by atoms with van der Waals surface area (Å²) in [5.41, 5.74) is 1.18. The van der Waals surface area contributed by atoms with Crippen LogP contribution in [0.3, 0.4) is 0 Å². The molecule has 0 atom stereocenters. The van der Waals surface area contributed by atoms with Crippen molar-refractivity contribution in [3.8, 4) is 11.5 Å². The Bertz CT molecular complexity index is 935. The summed E-state index contributed by atoms with van der Waals surface area (Å²) in [7, 11) is 2.11. The first-order chi connectivity index (χ1) is 12.8. The first-order valence-corrected chi connectivity index (χ1v) is 9.45. The molecule has 2 aromatic carbocycles. The smallest absolute Gasteiger partial charge is 0.248 e. The number of carbonyl (C=O) groups excluding carboxylic acids is 1. The van der Waals surface area contributed by atoms with E-state index in [1.807, 2.05) is 12.1 Å². The largest absolute Gasteiger partial charge is 0.497 e. The van der Waals surface area contributed by atoms with Crippen LogP contribution in [-0.4, -0.2) is 46.9 Å². The molecule has 1 N–H and O–H groups in total. The van der Waals surface area contributed by atoms with E-state index in [2.05, 4.69) is 5.32 Å². The quantitative estimate of drug-likeness (QED) is 0.735. The van der Waals surface area contributed by atoms with Crippen LogP contribution < -0.4 is 14.8 Å². The molecule has 7 nitrogen and oxygen atoms in total. The van der Waals surface area contributed by atoms with Crippen LogP contribution in [0.5, 0.6) is 11.5 Å². The van der Waals surface area contributed by atoms with Crippen LogP contribution in [-0.2, 0) is 14.8 Å². The molecule has 0 spiro atoms. The monoisotopic (exact) mass is 390 g/mol. The van der Waals surface area contributed by atoms with Crippen molar-refractivity contribution >= 4 is 27.7 Å². The zero-order valence-electron chi connectivity index (χ0n) is 15.6. The van der Waals surface area contributed by atoms with E-state index in [-0.39, 0.29) is 16.6 Å². The van der Waals surface area contributed by atoms with Gasteiger partial charge in [0.15, 0.2) is 0 Å². The molecule has 0 fully saturated rings. The molecule has 0 aliphatic carbocycles. The summed E-state index contributed by atoms with van der Waals surface area (Å²) in [6.45, 7) is 0. The van der Waals surface area contributed by atoms with Crippen LogP contribution >= 0.6 is 0 Å². The topological polar surface area (TPSA) is 84.9 Å². The highest BCUT2D eigenvalue weighted by Gasteiger charge is 2.22. The second-order valence-electron chi connectivity index (χ2n) is 5.75. The van der Waals surface area contributed by atoms with Gasteiger partial charge < -0.3 is 14.8 Å². The molecular formula is C19H22N2O5S. The van der Waals surface area contributed by atoms with Crippen LogP contribution in [0.15, 0.2) is 53.4 Å². The van der Waals surface area contributed by atoms with Gasteiger partial charge in [0.25, 0.3) is 0 Å². The van der Waals surface area contributed by atoms with Crippen LogP contribution in [0, 0.1) is 0 Å². The molecule has 0 saturated heterocycles. The number of sulfonamides is 1. The number of hydrogen-bond donors (Lipinski definition) is 1. The zero-order valence-corrected chi connectivity index (χ0v) is 16.4. The van der Waals surface area contributed by atoms with Crippen molar-refractivity contribution in [3.05, 3.63) is 54.1 Å². The number of carbonyl (C=O) groups is 1. The Hall–Kier alpha value is -2.84. The number of nitrogens with zero attached hydrogens (tertiary/aromatic N) is 1. The molecule has 144 valence electrons. The minimum Gasteiger partial charge on any atom is -0.497 e. The highest BCUT2D eigenvalue weighted by atomic mass is 32.2. The van der Waals surface area contributed by atoms with Gasteiger partial charge in [-0.15, -0.1) is 0 Å². The van der Waals surface area contributed by atoms with E-state index in [1.165, 1.54) is 39.4 Å². The molecule has 2 aromatic rings. The zero-order chi connectivity index (χ0) is 20.0. The summed E-state index contributed by atoms with van der Waals surface area (Å²) < 4.78 is 36.1. The fourth-order valence-electron chi connectivity index (χ4n) is 2.22. The molecule has 0 aliphatic heterocycles. The number of amides is 1. The van der Waals surface area contributed by atoms with Crippen molar-refractivity contribution in [1.82, 2.24) is 4.31 Å². The van der Waals surface area contributed by atoms with E-state index in [0.717, 1.165) is 15.6 Å². The Morgan fingerprint density at radius 1 is 1.04 bits per heavy atom. The number of ether oxygens (including phenoxy) is 2. The first kappa shape index (κ1) is 20.5. The van der Waals surface area contributed by atoms with Crippen molar-refractivity contribution in [2.45, 2.75) is 4.90 Å². The number of nitrogens with one attached hydrogen (secondary N) is 1. The average molecular weight is 390 g/mol. The third-order valence-corrected chi connectivity index (χ3v) is 5.57. The van der Waals surface area contributed by atoms with Gasteiger partial charge in [-0.05, 0) is 42.0 Å². The summed E-state index contributed by atoms with van der Waals surface area (Å²) in [6.07, 6.45) is 3.02. The van der Waals surface area contributed by atoms with Crippen molar-refractivity contribution in [1.29, 1.82) is 0 Å². The SMILES string of the molecule is COc1ccc(/C=C/C(=O)Nc2ccc(OC)c(S(=O)(=O)N(C)C)c2)cc1. The van der Waals surface area contributed by atoms with E-state index in [4.69, 9.17) is 9.47 Å². The minimum atomic E-state index is -3.71. The summed E-state index contributed by atoms with van der Waals surface area (Å²) in [4.78, 5) is 12.1. The molecule has 0 unspecified atom stereocenters. The van der Waals surface area contributed by atoms with Crippen molar-refractivity contribution < 1.29 is 22.7 Å². The lowest BCUT2D eigenvalue weighted by Gasteiger charge is -2.15. The Labute approximate surface area is 159 Å². The van der Waals surface area contributed by atoms with Crippen LogP contribution in [0.4, 0.5) is 5.69 Å². The van der Waals surface area contributed by atoms with E-state index in [1.54, 1.807) is 31.4 Å². The highest BCUT2D eigenvalue weighted by molar-refractivity contribution is 7.89. The second kappa shape index (κ2) is 8.70. The van der Waals surface area contributed by atoms with Crippen molar-refractivity contribution in [3.63, 3.8) is 0 Å². The molecule has 27 heavy (non-hydrogen) atoms. The lowest BCUT2D eigenvalue weighted by molar-refractivity contribution is -0.111. The van der Waals surface area contributed by atoms with Gasteiger partial charge in [-0.3, -0.25) is 4.79 Å². The molecule has 2 rings (SSSR count). The van der Waals surface area contributed by atoms with Crippen molar-refractivity contribution in [2.75, 3.05) is 33.6 Å². The standard InChI is InChI=1S/C19H22N2O5S/c1-21(2)27(23,24)18-13-15(8-11-17(18)26-4)20-19(22)12-7-14-5-9-16(25-3)10-6-14/h5-13H,1-4H3,(H,20,22)/b12-7+. The number of hydrogen-bond acceptors (Lipinski definition) is 5. The summed E-state index contributed by atoms with van der Waals surface area (Å²) in [5.74, 6) is 0.545. The van der Waals surface area contributed by atoms with Crippen LogP contribution in [0.25, 0.3) is 6.08 Å². The average Bonchev–Trinajstić information content (AvgIpc) is 2.66. The second-order valence-corrected chi connectivity index (χ2v) is 7.87. The maximum absolute atomic E-state index is 12.4. The highest BCUT2D eigenvalue weighted by Crippen LogP contribution is 2.28. The fourth-order valence-corrected chi connectivity index (χ4v) is 3.30. The molecule has 8 heteroatoms. The molecule has 0 bridgehead atoms. The summed E-state index contributed by atoms with van der Waals surface area (Å²) >= 11 is 0. The van der Waals surface area contributed by atoms with Gasteiger partial charge in [-0.1, -0.05) is 12.1 Å². The van der Waals surface area contributed by atoms with Crippen molar-refractivity contribution in [2.24, 2.45) is 0 Å². The predicted octanol–water partition coefficient (Wildman–Crippen LogP) is 2.61. The Kier molecular flexibility index (Phi) is 6.59. The maximum Gasteiger partial charge on any atom is 0.248 e. The van der Waals surface area contributed by atoms with E-state index in [9.17, 15) is 13.2 Å². The van der Waals surface area contributed by atoms with Gasteiger partial charge in [0, 0.05) is 25.9 Å². The van der Waals surface area contributed by atoms with E-state index >= 15 is 0 Å². The summed E-state index contributed by atoms with van der Waals surface area (Å²) in [5, 5.41) is 2.65. The molecule has 0 radical (unpaired) electrons. The number of rotatable bonds is 7. The minimum absolute atomic E-state index is 0.0214. The Morgan fingerprint density at radius 2 is 1.70 bits per heavy atom. The maximum atomic E-state index is 12.4. The normalized spacial score (nSPS) is 11.6. The Morgan fingerprint density at radius 3 is 2.26 bits per heavy atom. The van der Waals surface area contributed by atoms with E-state index < -0.39 is 10.0 Å². The third-order valence-electron chi connectivity index (χ3n) is 3.73. The third kappa shape index (κ3) is 5.08. The van der Waals surface area contributed by atoms with Gasteiger partial charge >= 0.3 is 0 Å². The lowest BCUT2D eigenvalue weighted by atomic mass is 10.2. The molecule has 0 aliphatic rings. The molecule has 0 aromatic heterocycles. The molecule has 0 heterocycles. The summed E-state index contributed by atoms with van der Waals surface area (Å²) in [6, 6.07) is 11.7. The van der Waals surface area contributed by atoms with Gasteiger partial charge in [0.2, 0.25) is 15.9 Å².